The van der Waals surface area contributed by atoms with Crippen LogP contribution in [-0.2, 0) is 6.54 Å². The van der Waals surface area contributed by atoms with E-state index in [4.69, 9.17) is 5.11 Å². The second kappa shape index (κ2) is 7.05. The van der Waals surface area contributed by atoms with Gasteiger partial charge in [-0.05, 0) is 30.0 Å². The minimum Gasteiger partial charge on any atom is -0.396 e. The van der Waals surface area contributed by atoms with Crippen LogP contribution in [0.2, 0.25) is 0 Å². The van der Waals surface area contributed by atoms with Gasteiger partial charge in [0.05, 0.1) is 0 Å². The van der Waals surface area contributed by atoms with Crippen LogP contribution in [0, 0.1) is 5.92 Å². The predicted molar refractivity (Wildman–Crippen MR) is 71.3 cm³/mol. The highest BCUT2D eigenvalue weighted by Gasteiger charge is 2.11. The Morgan fingerprint density at radius 3 is 2.38 bits per heavy atom. The van der Waals surface area contributed by atoms with Gasteiger partial charge in [0.25, 0.3) is 0 Å². The van der Waals surface area contributed by atoms with Crippen molar-refractivity contribution in [2.24, 2.45) is 5.92 Å². The zero-order valence-electron chi connectivity index (χ0n) is 9.91. The Morgan fingerprint density at radius 2 is 1.88 bits per heavy atom. The van der Waals surface area contributed by atoms with Crippen molar-refractivity contribution in [3.8, 4) is 0 Å². The summed E-state index contributed by atoms with van der Waals surface area (Å²) in [7, 11) is 0. The molecule has 0 heterocycles. The van der Waals surface area contributed by atoms with Crippen LogP contribution in [0.1, 0.15) is 25.8 Å². The number of aliphatic hydroxyl groups excluding tert-OH is 1. The van der Waals surface area contributed by atoms with Gasteiger partial charge in [-0.1, -0.05) is 41.9 Å². The average Bonchev–Trinajstić information content (AvgIpc) is 2.26. The maximum absolute atomic E-state index is 8.97. The highest BCUT2D eigenvalue weighted by Crippen LogP contribution is 2.11. The molecule has 0 aromatic heterocycles. The lowest BCUT2D eigenvalue weighted by molar-refractivity contribution is 0.244. The fraction of sp³-hybridized carbons (Fsp3) is 0.538. The highest BCUT2D eigenvalue weighted by molar-refractivity contribution is 9.10. The van der Waals surface area contributed by atoms with Gasteiger partial charge >= 0.3 is 0 Å². The Morgan fingerprint density at radius 1 is 1.25 bits per heavy atom. The number of hydrogen-bond donors (Lipinski definition) is 2. The molecule has 16 heavy (non-hydrogen) atoms. The molecule has 0 saturated heterocycles. The van der Waals surface area contributed by atoms with E-state index in [1.165, 1.54) is 5.56 Å². The van der Waals surface area contributed by atoms with Crippen LogP contribution in [0.15, 0.2) is 28.7 Å². The Kier molecular flexibility index (Phi) is 6.03. The van der Waals surface area contributed by atoms with E-state index in [-0.39, 0.29) is 6.61 Å². The van der Waals surface area contributed by atoms with Gasteiger partial charge < -0.3 is 10.4 Å². The lowest BCUT2D eigenvalue weighted by atomic mass is 10.0. The van der Waals surface area contributed by atoms with Gasteiger partial charge in [-0.3, -0.25) is 0 Å². The van der Waals surface area contributed by atoms with Crippen LogP contribution in [0.25, 0.3) is 0 Å². The summed E-state index contributed by atoms with van der Waals surface area (Å²) in [6.07, 6.45) is 0.814. The molecule has 1 rings (SSSR count). The first-order valence-electron chi connectivity index (χ1n) is 5.72. The Bertz CT molecular complexity index is 297. The number of halogens is 1. The topological polar surface area (TPSA) is 32.3 Å². The highest BCUT2D eigenvalue weighted by atomic mass is 79.9. The van der Waals surface area contributed by atoms with E-state index in [1.54, 1.807) is 0 Å². The summed E-state index contributed by atoms with van der Waals surface area (Å²) in [6.45, 7) is 5.45. The Balaban J connectivity index is 2.45. The maximum atomic E-state index is 8.97. The van der Waals surface area contributed by atoms with Crippen LogP contribution in [0.3, 0.4) is 0 Å². The van der Waals surface area contributed by atoms with Crippen molar-refractivity contribution in [3.05, 3.63) is 34.3 Å². The third-order valence-corrected chi connectivity index (χ3v) is 3.26. The lowest BCUT2D eigenvalue weighted by Gasteiger charge is -2.21. The number of aliphatic hydroxyl groups is 1. The molecular weight excluding hydrogens is 266 g/mol. The zero-order valence-corrected chi connectivity index (χ0v) is 11.5. The van der Waals surface area contributed by atoms with Crippen molar-refractivity contribution in [1.29, 1.82) is 0 Å². The van der Waals surface area contributed by atoms with Crippen LogP contribution >= 0.6 is 15.9 Å². The van der Waals surface area contributed by atoms with Crippen LogP contribution in [0.5, 0.6) is 0 Å². The Hall–Kier alpha value is -0.380. The third kappa shape index (κ3) is 4.64. The molecule has 3 heteroatoms. The second-order valence-electron chi connectivity index (χ2n) is 4.37. The first kappa shape index (κ1) is 13.7. The molecule has 1 aromatic rings. The molecule has 1 atom stereocenters. The minimum absolute atomic E-state index is 0.246. The molecule has 2 nitrogen and oxygen atoms in total. The zero-order chi connectivity index (χ0) is 12.0. The van der Waals surface area contributed by atoms with Gasteiger partial charge in [0, 0.05) is 23.7 Å². The molecule has 0 aliphatic heterocycles. The third-order valence-electron chi connectivity index (χ3n) is 2.73. The molecule has 0 spiro atoms. The molecule has 0 radical (unpaired) electrons. The molecular formula is C13H20BrNO. The number of benzene rings is 1. The number of hydrogen-bond acceptors (Lipinski definition) is 2. The molecule has 0 amide bonds. The number of rotatable bonds is 6. The molecule has 1 unspecified atom stereocenters. The van der Waals surface area contributed by atoms with Gasteiger partial charge in [-0.25, -0.2) is 0 Å². The summed E-state index contributed by atoms with van der Waals surface area (Å²) in [6, 6.07) is 8.69. The first-order valence-corrected chi connectivity index (χ1v) is 6.51. The smallest absolute Gasteiger partial charge is 0.0445 e. The largest absolute Gasteiger partial charge is 0.396 e. The summed E-state index contributed by atoms with van der Waals surface area (Å²) in [5, 5.41) is 12.5. The van der Waals surface area contributed by atoms with Crippen molar-refractivity contribution in [2.45, 2.75) is 32.9 Å². The minimum atomic E-state index is 0.246. The van der Waals surface area contributed by atoms with Crippen molar-refractivity contribution in [3.63, 3.8) is 0 Å². The number of nitrogens with one attached hydrogen (secondary N) is 1. The SMILES string of the molecule is CC(C)C(CCO)NCc1ccc(Br)cc1. The maximum Gasteiger partial charge on any atom is 0.0445 e. The summed E-state index contributed by atoms with van der Waals surface area (Å²) >= 11 is 3.42. The quantitative estimate of drug-likeness (QED) is 0.842. The van der Waals surface area contributed by atoms with E-state index in [9.17, 15) is 0 Å². The fourth-order valence-electron chi connectivity index (χ4n) is 1.66. The lowest BCUT2D eigenvalue weighted by Crippen LogP contribution is -2.34. The molecule has 0 fully saturated rings. The van der Waals surface area contributed by atoms with Crippen LogP contribution < -0.4 is 5.32 Å². The summed E-state index contributed by atoms with van der Waals surface area (Å²) in [4.78, 5) is 0. The monoisotopic (exact) mass is 285 g/mol. The molecule has 2 N–H and O–H groups in total. The fourth-order valence-corrected chi connectivity index (χ4v) is 1.93. The van der Waals surface area contributed by atoms with Crippen molar-refractivity contribution in [2.75, 3.05) is 6.61 Å². The van der Waals surface area contributed by atoms with E-state index in [1.807, 2.05) is 12.1 Å². The second-order valence-corrected chi connectivity index (χ2v) is 5.29. The molecule has 1 aromatic carbocycles. The van der Waals surface area contributed by atoms with Gasteiger partial charge in [-0.2, -0.15) is 0 Å². The first-order chi connectivity index (χ1) is 7.63. The molecule has 0 bridgehead atoms. The van der Waals surface area contributed by atoms with Crippen LogP contribution in [-0.4, -0.2) is 17.8 Å². The Labute approximate surface area is 106 Å². The summed E-state index contributed by atoms with van der Waals surface area (Å²) < 4.78 is 1.10. The van der Waals surface area contributed by atoms with Crippen molar-refractivity contribution < 1.29 is 5.11 Å². The van der Waals surface area contributed by atoms with Gasteiger partial charge in [-0.15, -0.1) is 0 Å². The van der Waals surface area contributed by atoms with Crippen LogP contribution in [0.4, 0.5) is 0 Å². The molecule has 90 valence electrons. The van der Waals surface area contributed by atoms with E-state index in [0.717, 1.165) is 17.4 Å². The average molecular weight is 286 g/mol. The molecule has 0 aliphatic carbocycles. The van der Waals surface area contributed by atoms with Crippen molar-refractivity contribution in [1.82, 2.24) is 5.32 Å². The van der Waals surface area contributed by atoms with Gasteiger partial charge in [0.15, 0.2) is 0 Å². The van der Waals surface area contributed by atoms with Gasteiger partial charge in [0.1, 0.15) is 0 Å². The van der Waals surface area contributed by atoms with Crippen molar-refractivity contribution >= 4 is 15.9 Å². The van der Waals surface area contributed by atoms with Gasteiger partial charge in [0.2, 0.25) is 0 Å². The van der Waals surface area contributed by atoms with E-state index >= 15 is 0 Å². The normalized spacial score (nSPS) is 13.1. The van der Waals surface area contributed by atoms with E-state index in [2.05, 4.69) is 47.2 Å². The van der Waals surface area contributed by atoms with E-state index in [0.29, 0.717) is 12.0 Å². The van der Waals surface area contributed by atoms with E-state index < -0.39 is 0 Å². The summed E-state index contributed by atoms with van der Waals surface area (Å²) in [5.41, 5.74) is 1.27. The molecule has 0 aliphatic rings. The molecule has 0 saturated carbocycles. The summed E-state index contributed by atoms with van der Waals surface area (Å²) in [5.74, 6) is 0.544. The standard InChI is InChI=1S/C13H20BrNO/c1-10(2)13(7-8-16)15-9-11-3-5-12(14)6-4-11/h3-6,10,13,15-16H,7-9H2,1-2H3. The predicted octanol–water partition coefficient (Wildman–Crippen LogP) is 2.95.